The number of hydrogen-bond donors (Lipinski definition) is 2. The number of nitrogens with one attached hydrogen (secondary N) is 1. The van der Waals surface area contributed by atoms with Gasteiger partial charge in [-0.3, -0.25) is 4.79 Å². The zero-order valence-corrected chi connectivity index (χ0v) is 11.6. The minimum absolute atomic E-state index is 0.251. The quantitative estimate of drug-likeness (QED) is 0.740. The summed E-state index contributed by atoms with van der Waals surface area (Å²) in [5.41, 5.74) is 5.86. The van der Waals surface area contributed by atoms with Crippen molar-refractivity contribution < 1.29 is 9.53 Å². The maximum absolute atomic E-state index is 11.9. The zero-order chi connectivity index (χ0) is 13.2. The average molecular weight is 266 g/mol. The number of fused-ring (bicyclic) bond motifs is 1. The first kappa shape index (κ1) is 13.4. The Kier molecular flexibility index (Phi) is 4.08. The van der Waals surface area contributed by atoms with Crippen molar-refractivity contribution in [2.24, 2.45) is 23.5 Å². The van der Waals surface area contributed by atoms with Gasteiger partial charge in [-0.15, -0.1) is 0 Å². The van der Waals surface area contributed by atoms with Gasteiger partial charge in [-0.1, -0.05) is 0 Å². The molecule has 0 heterocycles. The Morgan fingerprint density at radius 3 is 2.47 bits per heavy atom. The number of amides is 1. The third kappa shape index (κ3) is 3.48. The minimum atomic E-state index is 0.251. The van der Waals surface area contributed by atoms with Crippen LogP contribution in [0.1, 0.15) is 44.9 Å². The molecule has 0 aromatic carbocycles. The van der Waals surface area contributed by atoms with E-state index in [4.69, 9.17) is 10.5 Å². The van der Waals surface area contributed by atoms with Crippen molar-refractivity contribution in [3.63, 3.8) is 0 Å². The van der Waals surface area contributed by atoms with Gasteiger partial charge in [0.05, 0.1) is 12.7 Å². The van der Waals surface area contributed by atoms with Crippen LogP contribution in [0.25, 0.3) is 0 Å². The molecule has 4 nitrogen and oxygen atoms in total. The lowest BCUT2D eigenvalue weighted by Gasteiger charge is -2.26. The van der Waals surface area contributed by atoms with Gasteiger partial charge >= 0.3 is 0 Å². The van der Waals surface area contributed by atoms with Crippen LogP contribution >= 0.6 is 0 Å². The van der Waals surface area contributed by atoms with E-state index in [2.05, 4.69) is 5.32 Å². The van der Waals surface area contributed by atoms with E-state index in [0.29, 0.717) is 25.3 Å². The molecular formula is C15H26N2O2. The number of ether oxygens (including phenoxy) is 1. The predicted octanol–water partition coefficient (Wildman–Crippen LogP) is 1.44. The number of hydrogen-bond acceptors (Lipinski definition) is 3. The first-order valence-corrected chi connectivity index (χ1v) is 7.87. The smallest absolute Gasteiger partial charge is 0.223 e. The molecule has 4 heteroatoms. The Morgan fingerprint density at radius 2 is 1.79 bits per heavy atom. The van der Waals surface area contributed by atoms with Crippen LogP contribution in [0.5, 0.6) is 0 Å². The lowest BCUT2D eigenvalue weighted by molar-refractivity contribution is -0.125. The molecule has 0 aliphatic heterocycles. The summed E-state index contributed by atoms with van der Waals surface area (Å²) in [6.07, 6.45) is 8.26. The Bertz CT molecular complexity index is 316. The summed E-state index contributed by atoms with van der Waals surface area (Å²) in [7, 11) is 0. The van der Waals surface area contributed by atoms with Crippen LogP contribution in [0, 0.1) is 17.8 Å². The highest BCUT2D eigenvalue weighted by molar-refractivity contribution is 5.79. The lowest BCUT2D eigenvalue weighted by Crippen LogP contribution is -2.35. The molecule has 1 amide bonds. The van der Waals surface area contributed by atoms with Crippen LogP contribution in [0.15, 0.2) is 0 Å². The third-order valence-corrected chi connectivity index (χ3v) is 5.09. The van der Waals surface area contributed by atoms with Crippen LogP contribution in [-0.2, 0) is 9.53 Å². The third-order valence-electron chi connectivity index (χ3n) is 5.09. The Balaban J connectivity index is 1.25. The van der Waals surface area contributed by atoms with Crippen molar-refractivity contribution >= 4 is 5.91 Å². The Morgan fingerprint density at radius 1 is 1.11 bits per heavy atom. The van der Waals surface area contributed by atoms with Gasteiger partial charge in [0.2, 0.25) is 5.91 Å². The standard InChI is InChI=1S/C15H26N2O2/c16-13-1-3-14(4-2-13)19-6-5-17-15(18)12-8-10-7-11(10)9-12/h10-14H,1-9,16H2,(H,17,18). The van der Waals surface area contributed by atoms with Gasteiger partial charge < -0.3 is 15.8 Å². The second-order valence-electron chi connectivity index (χ2n) is 6.62. The van der Waals surface area contributed by atoms with Crippen LogP contribution < -0.4 is 11.1 Å². The average Bonchev–Trinajstić information content (AvgIpc) is 3.03. The summed E-state index contributed by atoms with van der Waals surface area (Å²) in [4.78, 5) is 11.9. The van der Waals surface area contributed by atoms with E-state index in [1.807, 2.05) is 0 Å². The molecule has 0 spiro atoms. The molecule has 0 aromatic heterocycles. The summed E-state index contributed by atoms with van der Waals surface area (Å²) >= 11 is 0. The molecule has 19 heavy (non-hydrogen) atoms. The summed E-state index contributed by atoms with van der Waals surface area (Å²) in [6, 6.07) is 0.369. The van der Waals surface area contributed by atoms with Gasteiger partial charge in [0.25, 0.3) is 0 Å². The van der Waals surface area contributed by atoms with Gasteiger partial charge in [-0.05, 0) is 56.8 Å². The van der Waals surface area contributed by atoms with Crippen molar-refractivity contribution in [1.82, 2.24) is 5.32 Å². The molecule has 3 rings (SSSR count). The van der Waals surface area contributed by atoms with Gasteiger partial charge in [0.1, 0.15) is 0 Å². The fraction of sp³-hybridized carbons (Fsp3) is 0.933. The first-order valence-electron chi connectivity index (χ1n) is 7.87. The highest BCUT2D eigenvalue weighted by Gasteiger charge is 2.47. The zero-order valence-electron chi connectivity index (χ0n) is 11.6. The minimum Gasteiger partial charge on any atom is -0.376 e. The summed E-state index contributed by atoms with van der Waals surface area (Å²) in [5, 5.41) is 3.03. The largest absolute Gasteiger partial charge is 0.376 e. The van der Waals surface area contributed by atoms with Gasteiger partial charge in [0, 0.05) is 18.5 Å². The molecule has 0 saturated heterocycles. The van der Waals surface area contributed by atoms with E-state index in [-0.39, 0.29) is 11.8 Å². The molecule has 108 valence electrons. The second-order valence-corrected chi connectivity index (χ2v) is 6.62. The SMILES string of the molecule is NC1CCC(OCCNC(=O)C2CC3CC3C2)CC1. The van der Waals surface area contributed by atoms with Gasteiger partial charge in [-0.2, -0.15) is 0 Å². The molecule has 3 fully saturated rings. The molecular weight excluding hydrogens is 240 g/mol. The number of rotatable bonds is 5. The van der Waals surface area contributed by atoms with E-state index < -0.39 is 0 Å². The number of carbonyl (C=O) groups excluding carboxylic acids is 1. The van der Waals surface area contributed by atoms with Crippen LogP contribution in [0.4, 0.5) is 0 Å². The monoisotopic (exact) mass is 266 g/mol. The lowest BCUT2D eigenvalue weighted by atomic mass is 9.94. The van der Waals surface area contributed by atoms with Crippen molar-refractivity contribution in [3.05, 3.63) is 0 Å². The summed E-state index contributed by atoms with van der Waals surface area (Å²) < 4.78 is 5.80. The normalized spacial score (nSPS) is 40.8. The highest BCUT2D eigenvalue weighted by atomic mass is 16.5. The van der Waals surface area contributed by atoms with E-state index in [1.54, 1.807) is 0 Å². The maximum atomic E-state index is 11.9. The van der Waals surface area contributed by atoms with Crippen LogP contribution in [0.3, 0.4) is 0 Å². The molecule has 0 bridgehead atoms. The van der Waals surface area contributed by atoms with Gasteiger partial charge in [-0.25, -0.2) is 0 Å². The van der Waals surface area contributed by atoms with E-state index in [0.717, 1.165) is 50.4 Å². The van der Waals surface area contributed by atoms with Crippen molar-refractivity contribution in [3.8, 4) is 0 Å². The number of carbonyl (C=O) groups is 1. The van der Waals surface area contributed by atoms with E-state index >= 15 is 0 Å². The topological polar surface area (TPSA) is 64.3 Å². The molecule has 3 N–H and O–H groups in total. The molecule has 2 unspecified atom stereocenters. The predicted molar refractivity (Wildman–Crippen MR) is 73.5 cm³/mol. The number of nitrogens with two attached hydrogens (primary N) is 1. The van der Waals surface area contributed by atoms with E-state index in [1.165, 1.54) is 6.42 Å². The fourth-order valence-corrected chi connectivity index (χ4v) is 3.73. The Labute approximate surface area is 115 Å². The Hall–Kier alpha value is -0.610. The molecule has 3 saturated carbocycles. The molecule has 3 aliphatic rings. The molecule has 3 aliphatic carbocycles. The van der Waals surface area contributed by atoms with Crippen molar-refractivity contribution in [2.75, 3.05) is 13.2 Å². The summed E-state index contributed by atoms with van der Waals surface area (Å²) in [6.45, 7) is 1.30. The van der Waals surface area contributed by atoms with Crippen LogP contribution in [0.2, 0.25) is 0 Å². The molecule has 0 aromatic rings. The molecule has 2 atom stereocenters. The van der Waals surface area contributed by atoms with Crippen molar-refractivity contribution in [1.29, 1.82) is 0 Å². The highest BCUT2D eigenvalue weighted by Crippen LogP contribution is 2.54. The maximum Gasteiger partial charge on any atom is 0.223 e. The fourth-order valence-electron chi connectivity index (χ4n) is 3.73. The van der Waals surface area contributed by atoms with Crippen molar-refractivity contribution in [2.45, 2.75) is 57.1 Å². The first-order chi connectivity index (χ1) is 9.22. The van der Waals surface area contributed by atoms with Gasteiger partial charge in [0.15, 0.2) is 0 Å². The molecule has 0 radical (unpaired) electrons. The van der Waals surface area contributed by atoms with E-state index in [9.17, 15) is 4.79 Å². The summed E-state index contributed by atoms with van der Waals surface area (Å²) in [5.74, 6) is 2.29. The van der Waals surface area contributed by atoms with Crippen LogP contribution in [-0.4, -0.2) is 31.2 Å². The second kappa shape index (κ2) is 5.80.